The molecule has 3 rings (SSSR count). The number of carbonyl (C=O) groups excluding carboxylic acids is 1. The van der Waals surface area contributed by atoms with Crippen molar-refractivity contribution in [1.29, 1.82) is 0 Å². The Kier molecular flexibility index (Phi) is 4.85. The lowest BCUT2D eigenvalue weighted by molar-refractivity contribution is -0.116. The van der Waals surface area contributed by atoms with E-state index in [1.807, 2.05) is 23.1 Å². The molecule has 0 radical (unpaired) electrons. The average molecular weight is 331 g/mol. The molecule has 7 heteroatoms. The summed E-state index contributed by atoms with van der Waals surface area (Å²) in [6.45, 7) is 2.84. The molecular weight excluding hydrogens is 310 g/mol. The summed E-state index contributed by atoms with van der Waals surface area (Å²) in [7, 11) is 0. The molecule has 2 aromatic rings. The van der Waals surface area contributed by atoms with Crippen LogP contribution < -0.4 is 10.7 Å². The number of hydrogen-bond acceptors (Lipinski definition) is 5. The molecule has 1 aliphatic rings. The minimum absolute atomic E-state index is 0.0854. The van der Waals surface area contributed by atoms with Gasteiger partial charge in [0.25, 0.3) is 0 Å². The van der Waals surface area contributed by atoms with Crippen LogP contribution in [-0.4, -0.2) is 33.1 Å². The first-order chi connectivity index (χ1) is 11.2. The van der Waals surface area contributed by atoms with Gasteiger partial charge < -0.3 is 10.7 Å². The zero-order chi connectivity index (χ0) is 16.2. The number of nitrogens with zero attached hydrogens (tertiary/aromatic N) is 4. The Hall–Kier alpha value is -2.02. The lowest BCUT2D eigenvalue weighted by Gasteiger charge is -2.29. The Morgan fingerprint density at radius 3 is 3.00 bits per heavy atom. The number of nitrogen functional groups attached to an aromatic ring is 1. The third-order valence-electron chi connectivity index (χ3n) is 3.94. The first-order valence-electron chi connectivity index (χ1n) is 7.91. The van der Waals surface area contributed by atoms with Gasteiger partial charge in [0, 0.05) is 18.7 Å². The summed E-state index contributed by atoms with van der Waals surface area (Å²) < 4.78 is 1.49. The van der Waals surface area contributed by atoms with Crippen molar-refractivity contribution in [1.82, 2.24) is 14.9 Å². The van der Waals surface area contributed by atoms with Gasteiger partial charge in [-0.15, -0.1) is 10.2 Å². The summed E-state index contributed by atoms with van der Waals surface area (Å²) in [5.74, 6) is 7.13. The molecule has 2 heterocycles. The second kappa shape index (κ2) is 7.04. The smallest absolute Gasteiger partial charge is 0.237 e. The molecule has 0 spiro atoms. The van der Waals surface area contributed by atoms with E-state index in [4.69, 9.17) is 5.84 Å². The van der Waals surface area contributed by atoms with Gasteiger partial charge in [-0.2, -0.15) is 0 Å². The Morgan fingerprint density at radius 1 is 1.35 bits per heavy atom. The normalized spacial score (nSPS) is 13.9. The maximum Gasteiger partial charge on any atom is 0.237 e. The van der Waals surface area contributed by atoms with Crippen molar-refractivity contribution >= 4 is 23.4 Å². The molecule has 1 aliphatic heterocycles. The Balaban J connectivity index is 1.67. The molecule has 23 heavy (non-hydrogen) atoms. The Labute approximate surface area is 140 Å². The van der Waals surface area contributed by atoms with Crippen molar-refractivity contribution in [3.05, 3.63) is 35.7 Å². The summed E-state index contributed by atoms with van der Waals surface area (Å²) >= 11 is 1.34. The van der Waals surface area contributed by atoms with Crippen LogP contribution >= 0.6 is 11.8 Å². The lowest BCUT2D eigenvalue weighted by Crippen LogP contribution is -2.36. The number of aromatic nitrogens is 3. The minimum Gasteiger partial charge on any atom is -0.336 e. The van der Waals surface area contributed by atoms with Crippen LogP contribution in [0.1, 0.15) is 31.2 Å². The number of carbonyl (C=O) groups is 1. The van der Waals surface area contributed by atoms with E-state index in [1.54, 1.807) is 0 Å². The number of aryl methyl sites for hydroxylation is 2. The van der Waals surface area contributed by atoms with Gasteiger partial charge in [-0.1, -0.05) is 36.9 Å². The molecule has 2 N–H and O–H groups in total. The van der Waals surface area contributed by atoms with Crippen LogP contribution in [0.5, 0.6) is 0 Å². The molecular formula is C16H21N5OS. The van der Waals surface area contributed by atoms with Crippen molar-refractivity contribution in [3.8, 4) is 0 Å². The number of benzene rings is 1. The number of anilines is 1. The third kappa shape index (κ3) is 3.34. The zero-order valence-corrected chi connectivity index (χ0v) is 14.1. The predicted octanol–water partition coefficient (Wildman–Crippen LogP) is 2.02. The molecule has 0 atom stereocenters. The fourth-order valence-corrected chi connectivity index (χ4v) is 3.55. The summed E-state index contributed by atoms with van der Waals surface area (Å²) in [5, 5.41) is 8.74. The minimum atomic E-state index is 0.0854. The topological polar surface area (TPSA) is 77.0 Å². The standard InChI is InChI=1S/C16H21N5OS/c1-2-6-14-18-19-16(21(14)17)23-11-15(22)20-10-5-8-12-7-3-4-9-13(12)20/h3-4,7,9H,2,5-6,8,10-11,17H2,1H3. The highest BCUT2D eigenvalue weighted by Gasteiger charge is 2.22. The van der Waals surface area contributed by atoms with Crippen LogP contribution in [0.25, 0.3) is 0 Å². The number of hydrogen-bond donors (Lipinski definition) is 1. The first-order valence-corrected chi connectivity index (χ1v) is 8.89. The second-order valence-electron chi connectivity index (χ2n) is 5.59. The van der Waals surface area contributed by atoms with Gasteiger partial charge in [0.2, 0.25) is 11.1 Å². The second-order valence-corrected chi connectivity index (χ2v) is 6.53. The van der Waals surface area contributed by atoms with Crippen molar-refractivity contribution in [2.75, 3.05) is 23.0 Å². The SMILES string of the molecule is CCCc1nnc(SCC(=O)N2CCCc3ccccc32)n1N. The van der Waals surface area contributed by atoms with Gasteiger partial charge in [-0.05, 0) is 30.9 Å². The van der Waals surface area contributed by atoms with Crippen molar-refractivity contribution in [2.24, 2.45) is 0 Å². The van der Waals surface area contributed by atoms with E-state index in [9.17, 15) is 4.79 Å². The maximum absolute atomic E-state index is 12.6. The zero-order valence-electron chi connectivity index (χ0n) is 13.2. The van der Waals surface area contributed by atoms with Gasteiger partial charge in [0.05, 0.1) is 5.75 Å². The molecule has 122 valence electrons. The average Bonchev–Trinajstić information content (AvgIpc) is 2.93. The van der Waals surface area contributed by atoms with Crippen LogP contribution in [0, 0.1) is 0 Å². The van der Waals surface area contributed by atoms with Crippen molar-refractivity contribution < 1.29 is 4.79 Å². The molecule has 0 saturated heterocycles. The molecule has 1 aromatic carbocycles. The van der Waals surface area contributed by atoms with E-state index in [-0.39, 0.29) is 5.91 Å². The van der Waals surface area contributed by atoms with Crippen LogP contribution in [0.4, 0.5) is 5.69 Å². The van der Waals surface area contributed by atoms with Gasteiger partial charge >= 0.3 is 0 Å². The van der Waals surface area contributed by atoms with E-state index in [0.29, 0.717) is 10.9 Å². The molecule has 1 amide bonds. The number of rotatable bonds is 5. The quantitative estimate of drug-likeness (QED) is 0.670. The van der Waals surface area contributed by atoms with Gasteiger partial charge in [0.1, 0.15) is 0 Å². The third-order valence-corrected chi connectivity index (χ3v) is 4.87. The molecule has 0 fully saturated rings. The van der Waals surface area contributed by atoms with Crippen LogP contribution in [0.3, 0.4) is 0 Å². The van der Waals surface area contributed by atoms with Gasteiger partial charge in [0.15, 0.2) is 5.82 Å². The van der Waals surface area contributed by atoms with Crippen LogP contribution in [0.2, 0.25) is 0 Å². The van der Waals surface area contributed by atoms with E-state index < -0.39 is 0 Å². The van der Waals surface area contributed by atoms with E-state index in [0.717, 1.165) is 43.7 Å². The lowest BCUT2D eigenvalue weighted by atomic mass is 10.0. The predicted molar refractivity (Wildman–Crippen MR) is 92.0 cm³/mol. The van der Waals surface area contributed by atoms with Crippen molar-refractivity contribution in [2.45, 2.75) is 37.8 Å². The monoisotopic (exact) mass is 331 g/mol. The highest BCUT2D eigenvalue weighted by atomic mass is 32.2. The highest BCUT2D eigenvalue weighted by Crippen LogP contribution is 2.27. The first kappa shape index (κ1) is 15.9. The van der Waals surface area contributed by atoms with Gasteiger partial charge in [-0.3, -0.25) is 4.79 Å². The summed E-state index contributed by atoms with van der Waals surface area (Å²) in [5.41, 5.74) is 2.27. The van der Waals surface area contributed by atoms with Crippen LogP contribution in [0.15, 0.2) is 29.4 Å². The largest absolute Gasteiger partial charge is 0.336 e. The van der Waals surface area contributed by atoms with E-state index >= 15 is 0 Å². The fourth-order valence-electron chi connectivity index (χ4n) is 2.80. The molecule has 6 nitrogen and oxygen atoms in total. The van der Waals surface area contributed by atoms with E-state index in [2.05, 4.69) is 23.2 Å². The number of nitrogens with two attached hydrogens (primary N) is 1. The molecule has 0 unspecified atom stereocenters. The van der Waals surface area contributed by atoms with Gasteiger partial charge in [-0.25, -0.2) is 4.68 Å². The molecule has 0 saturated carbocycles. The summed E-state index contributed by atoms with van der Waals surface area (Å²) in [6.07, 6.45) is 3.78. The number of thioether (sulfide) groups is 1. The van der Waals surface area contributed by atoms with Crippen LogP contribution in [-0.2, 0) is 17.6 Å². The Bertz CT molecular complexity index is 700. The number of amides is 1. The number of para-hydroxylation sites is 1. The molecule has 0 bridgehead atoms. The summed E-state index contributed by atoms with van der Waals surface area (Å²) in [6, 6.07) is 8.11. The fraction of sp³-hybridized carbons (Fsp3) is 0.438. The Morgan fingerprint density at radius 2 is 2.17 bits per heavy atom. The maximum atomic E-state index is 12.6. The number of fused-ring (bicyclic) bond motifs is 1. The molecule has 1 aromatic heterocycles. The molecule has 0 aliphatic carbocycles. The highest BCUT2D eigenvalue weighted by molar-refractivity contribution is 7.99. The van der Waals surface area contributed by atoms with Crippen molar-refractivity contribution in [3.63, 3.8) is 0 Å². The summed E-state index contributed by atoms with van der Waals surface area (Å²) in [4.78, 5) is 14.5. The van der Waals surface area contributed by atoms with E-state index in [1.165, 1.54) is 22.0 Å².